The standard InChI is InChI=1S/C24H29ClN4O3.H3O4P/c1-5-28(6-2)13-7-8-16(3)26-22-15-20(27-21-14-18(25)9-10-19(21)22)17(4)23-11-12-24(32-23)29(30)31;1-5(2,3)4/h9-12,14-16H,4-8,13H2,1-3H3,(H,26,27);(H3,1,2,3,4). The third-order valence-corrected chi connectivity index (χ3v) is 5.79. The molecule has 0 saturated carbocycles. The Balaban J connectivity index is 0.000000877. The van der Waals surface area contributed by atoms with Crippen LogP contribution in [0.2, 0.25) is 5.02 Å². The predicted octanol–water partition coefficient (Wildman–Crippen LogP) is 5.44. The van der Waals surface area contributed by atoms with Gasteiger partial charge in [0.15, 0.2) is 0 Å². The fraction of sp³-hybridized carbons (Fsp3) is 0.375. The van der Waals surface area contributed by atoms with Crippen molar-refractivity contribution in [2.24, 2.45) is 0 Å². The number of nitro groups is 1. The summed E-state index contributed by atoms with van der Waals surface area (Å²) in [5, 5.41) is 16.1. The van der Waals surface area contributed by atoms with Gasteiger partial charge in [0.1, 0.15) is 10.7 Å². The molecule has 4 N–H and O–H groups in total. The molecule has 0 aliphatic carbocycles. The lowest BCUT2D eigenvalue weighted by Gasteiger charge is -2.21. The zero-order valence-corrected chi connectivity index (χ0v) is 22.6. The van der Waals surface area contributed by atoms with Gasteiger partial charge in [0.25, 0.3) is 0 Å². The Labute approximate surface area is 220 Å². The van der Waals surface area contributed by atoms with E-state index >= 15 is 0 Å². The van der Waals surface area contributed by atoms with Gasteiger partial charge in [0.2, 0.25) is 0 Å². The Morgan fingerprint density at radius 3 is 2.46 bits per heavy atom. The van der Waals surface area contributed by atoms with Gasteiger partial charge in [-0.2, -0.15) is 0 Å². The van der Waals surface area contributed by atoms with Crippen LogP contribution in [0.15, 0.2) is 47.4 Å². The number of hydrogen-bond acceptors (Lipinski definition) is 7. The van der Waals surface area contributed by atoms with Crippen molar-refractivity contribution >= 4 is 47.5 Å². The van der Waals surface area contributed by atoms with Crippen LogP contribution >= 0.6 is 19.4 Å². The number of furan rings is 1. The maximum absolute atomic E-state index is 11.0. The lowest BCUT2D eigenvalue weighted by atomic mass is 10.1. The van der Waals surface area contributed by atoms with Crippen LogP contribution in [0, 0.1) is 10.1 Å². The number of phosphoric acid groups is 1. The molecule has 0 aliphatic heterocycles. The first kappa shape index (κ1) is 30.4. The second-order valence-electron chi connectivity index (χ2n) is 8.32. The Kier molecular flexibility index (Phi) is 11.2. The molecule has 3 aromatic rings. The molecular weight excluding hydrogens is 523 g/mol. The van der Waals surface area contributed by atoms with Gasteiger partial charge in [0.05, 0.1) is 17.3 Å². The third kappa shape index (κ3) is 9.88. The van der Waals surface area contributed by atoms with Crippen molar-refractivity contribution in [3.63, 3.8) is 0 Å². The Morgan fingerprint density at radius 2 is 1.89 bits per heavy atom. The van der Waals surface area contributed by atoms with Crippen LogP contribution in [-0.2, 0) is 4.57 Å². The monoisotopic (exact) mass is 554 g/mol. The van der Waals surface area contributed by atoms with Crippen molar-refractivity contribution < 1.29 is 28.6 Å². The molecule has 1 atom stereocenters. The molecule has 2 heterocycles. The van der Waals surface area contributed by atoms with Gasteiger partial charge >= 0.3 is 13.7 Å². The van der Waals surface area contributed by atoms with Crippen LogP contribution in [0.4, 0.5) is 11.6 Å². The van der Waals surface area contributed by atoms with Crippen LogP contribution in [0.5, 0.6) is 0 Å². The average Bonchev–Trinajstić information content (AvgIpc) is 3.30. The molecule has 0 bridgehead atoms. The van der Waals surface area contributed by atoms with E-state index in [1.165, 1.54) is 12.1 Å². The summed E-state index contributed by atoms with van der Waals surface area (Å²) in [5.41, 5.74) is 2.67. The molecule has 2 aromatic heterocycles. The lowest BCUT2D eigenvalue weighted by molar-refractivity contribution is -0.402. The first-order valence-corrected chi connectivity index (χ1v) is 13.6. The number of fused-ring (bicyclic) bond motifs is 1. The van der Waals surface area contributed by atoms with E-state index in [0.717, 1.165) is 49.1 Å². The fourth-order valence-corrected chi connectivity index (χ4v) is 3.85. The molecule has 0 amide bonds. The summed E-state index contributed by atoms with van der Waals surface area (Å²) >= 11 is 6.21. The van der Waals surface area contributed by atoms with E-state index in [-0.39, 0.29) is 11.9 Å². The number of rotatable bonds is 11. The zero-order valence-electron chi connectivity index (χ0n) is 20.9. The molecule has 37 heavy (non-hydrogen) atoms. The van der Waals surface area contributed by atoms with Gasteiger partial charge in [-0.1, -0.05) is 32.0 Å². The predicted molar refractivity (Wildman–Crippen MR) is 145 cm³/mol. The summed E-state index contributed by atoms with van der Waals surface area (Å²) in [6.07, 6.45) is 2.12. The highest BCUT2D eigenvalue weighted by Crippen LogP contribution is 2.32. The normalized spacial score (nSPS) is 12.2. The minimum atomic E-state index is -4.64. The highest BCUT2D eigenvalue weighted by atomic mass is 35.5. The van der Waals surface area contributed by atoms with E-state index in [2.05, 4.69) is 42.6 Å². The molecule has 1 aromatic carbocycles. The van der Waals surface area contributed by atoms with Gasteiger partial charge in [-0.3, -0.25) is 10.1 Å². The van der Waals surface area contributed by atoms with Crippen molar-refractivity contribution in [3.8, 4) is 0 Å². The van der Waals surface area contributed by atoms with Crippen LogP contribution < -0.4 is 5.32 Å². The number of aromatic nitrogens is 1. The Bertz CT molecular complexity index is 1260. The van der Waals surface area contributed by atoms with Gasteiger partial charge < -0.3 is 29.3 Å². The molecule has 13 heteroatoms. The van der Waals surface area contributed by atoms with Crippen molar-refractivity contribution in [1.29, 1.82) is 0 Å². The fourth-order valence-electron chi connectivity index (χ4n) is 3.69. The number of halogens is 1. The number of nitrogens with zero attached hydrogens (tertiary/aromatic N) is 3. The van der Waals surface area contributed by atoms with E-state index < -0.39 is 12.7 Å². The molecule has 0 saturated heterocycles. The van der Waals surface area contributed by atoms with E-state index in [1.807, 2.05) is 18.2 Å². The number of benzene rings is 1. The summed E-state index contributed by atoms with van der Waals surface area (Å²) in [5.74, 6) is -0.0195. The lowest BCUT2D eigenvalue weighted by Crippen LogP contribution is -2.25. The maximum atomic E-state index is 11.0. The molecule has 202 valence electrons. The number of anilines is 1. The quantitative estimate of drug-likeness (QED) is 0.136. The zero-order chi connectivity index (χ0) is 27.8. The maximum Gasteiger partial charge on any atom is 0.466 e. The largest absolute Gasteiger partial charge is 0.466 e. The van der Waals surface area contributed by atoms with Crippen LogP contribution in [-0.4, -0.2) is 55.2 Å². The Hall–Kier alpha value is -2.79. The first-order chi connectivity index (χ1) is 17.3. The summed E-state index contributed by atoms with van der Waals surface area (Å²) in [4.78, 5) is 39.1. The minimum Gasteiger partial charge on any atom is -0.401 e. The van der Waals surface area contributed by atoms with Crippen LogP contribution in [0.1, 0.15) is 45.1 Å². The van der Waals surface area contributed by atoms with E-state index in [4.69, 9.17) is 35.3 Å². The second kappa shape index (κ2) is 13.7. The molecule has 0 fully saturated rings. The summed E-state index contributed by atoms with van der Waals surface area (Å²) in [6, 6.07) is 10.6. The van der Waals surface area contributed by atoms with Crippen LogP contribution in [0.25, 0.3) is 16.5 Å². The summed E-state index contributed by atoms with van der Waals surface area (Å²) < 4.78 is 14.2. The Morgan fingerprint density at radius 1 is 1.24 bits per heavy atom. The minimum absolute atomic E-state index is 0.248. The molecule has 11 nitrogen and oxygen atoms in total. The molecule has 1 unspecified atom stereocenters. The first-order valence-electron chi connectivity index (χ1n) is 11.6. The van der Waals surface area contributed by atoms with Crippen molar-refractivity contribution in [1.82, 2.24) is 9.88 Å². The molecule has 0 spiro atoms. The van der Waals surface area contributed by atoms with E-state index in [1.54, 1.807) is 6.07 Å². The molecule has 0 radical (unpaired) electrons. The number of nitrogens with one attached hydrogen (secondary N) is 1. The second-order valence-corrected chi connectivity index (χ2v) is 9.78. The van der Waals surface area contributed by atoms with Crippen molar-refractivity contribution in [2.45, 2.75) is 39.7 Å². The van der Waals surface area contributed by atoms with Crippen molar-refractivity contribution in [3.05, 3.63) is 69.6 Å². The van der Waals surface area contributed by atoms with Gasteiger partial charge in [-0.15, -0.1) is 0 Å². The summed E-state index contributed by atoms with van der Waals surface area (Å²) in [7, 11) is -4.64. The van der Waals surface area contributed by atoms with Gasteiger partial charge in [-0.05, 0) is 69.7 Å². The topological polar surface area (TPSA) is 162 Å². The number of pyridine rings is 1. The van der Waals surface area contributed by atoms with Crippen molar-refractivity contribution in [2.75, 3.05) is 25.0 Å². The van der Waals surface area contributed by atoms with E-state index in [9.17, 15) is 10.1 Å². The highest BCUT2D eigenvalue weighted by Gasteiger charge is 2.18. The van der Waals surface area contributed by atoms with Gasteiger partial charge in [0, 0.05) is 27.7 Å². The highest BCUT2D eigenvalue weighted by molar-refractivity contribution is 7.45. The average molecular weight is 555 g/mol. The smallest absolute Gasteiger partial charge is 0.401 e. The molecule has 0 aliphatic rings. The number of hydrogen-bond donors (Lipinski definition) is 4. The third-order valence-electron chi connectivity index (χ3n) is 5.56. The van der Waals surface area contributed by atoms with Crippen LogP contribution in [0.3, 0.4) is 0 Å². The molecular formula is C24H32ClN4O7P. The van der Waals surface area contributed by atoms with E-state index in [0.29, 0.717) is 22.0 Å². The van der Waals surface area contributed by atoms with Gasteiger partial charge in [-0.25, -0.2) is 9.55 Å². The molecule has 3 rings (SSSR count). The summed E-state index contributed by atoms with van der Waals surface area (Å²) in [6.45, 7) is 13.8. The SMILES string of the molecule is C=C(c1cc(NC(C)CCCN(CC)CC)c2ccc(Cl)cc2n1)c1ccc([N+](=O)[O-])o1.O=P(O)(O)O.